The van der Waals surface area contributed by atoms with Gasteiger partial charge in [-0.1, -0.05) is 17.3 Å². The summed E-state index contributed by atoms with van der Waals surface area (Å²) in [7, 11) is 1.63. The lowest BCUT2D eigenvalue weighted by Gasteiger charge is -2.08. The number of carbonyl (C=O) groups is 1. The highest BCUT2D eigenvalue weighted by Gasteiger charge is 2.10. The molecule has 0 unspecified atom stereocenters. The van der Waals surface area contributed by atoms with Gasteiger partial charge in [0.15, 0.2) is 0 Å². The van der Waals surface area contributed by atoms with Gasteiger partial charge >= 0.3 is 0 Å². The second-order valence-corrected chi connectivity index (χ2v) is 7.60. The maximum Gasteiger partial charge on any atom is 0.226 e. The lowest BCUT2D eigenvalue weighted by atomic mass is 10.2. The van der Waals surface area contributed by atoms with Crippen LogP contribution in [0.3, 0.4) is 0 Å². The highest BCUT2D eigenvalue weighted by atomic mass is 16.5. The Morgan fingerprint density at radius 3 is 2.72 bits per heavy atom. The van der Waals surface area contributed by atoms with E-state index in [0.717, 1.165) is 41.1 Å². The number of amides is 1. The topological polar surface area (TPSA) is 95.1 Å². The monoisotopic (exact) mass is 433 g/mol. The van der Waals surface area contributed by atoms with Crippen LogP contribution < -0.4 is 10.1 Å². The summed E-state index contributed by atoms with van der Waals surface area (Å²) in [4.78, 5) is 21.1. The first-order valence-electron chi connectivity index (χ1n) is 10.8. The third-order valence-electron chi connectivity index (χ3n) is 5.34. The predicted octanol–water partition coefficient (Wildman–Crippen LogP) is 3.93. The second kappa shape index (κ2) is 10.1. The smallest absolute Gasteiger partial charge is 0.226 e. The number of rotatable bonds is 10. The number of carbonyl (C=O) groups excluding carboxylic acids is 1. The summed E-state index contributed by atoms with van der Waals surface area (Å²) in [6.45, 7) is 3.46. The van der Waals surface area contributed by atoms with E-state index in [-0.39, 0.29) is 5.91 Å². The van der Waals surface area contributed by atoms with Gasteiger partial charge in [0, 0.05) is 31.5 Å². The molecule has 0 saturated carbocycles. The Kier molecular flexibility index (Phi) is 6.79. The highest BCUT2D eigenvalue weighted by molar-refractivity contribution is 5.76. The molecule has 8 heteroatoms. The van der Waals surface area contributed by atoms with Gasteiger partial charge in [-0.25, -0.2) is 4.98 Å². The van der Waals surface area contributed by atoms with Crippen molar-refractivity contribution in [3.05, 3.63) is 60.2 Å². The Bertz CT molecular complexity index is 1180. The average Bonchev–Trinajstić information content (AvgIpc) is 3.41. The fourth-order valence-corrected chi connectivity index (χ4v) is 3.65. The van der Waals surface area contributed by atoms with Gasteiger partial charge in [0.2, 0.25) is 17.6 Å². The number of ether oxygens (including phenoxy) is 1. The molecule has 4 rings (SSSR count). The molecular formula is C24H27N5O3. The maximum absolute atomic E-state index is 12.2. The molecule has 2 aromatic carbocycles. The summed E-state index contributed by atoms with van der Waals surface area (Å²) in [5.41, 5.74) is 2.99. The minimum atomic E-state index is 0.0344. The molecule has 4 aromatic rings. The van der Waals surface area contributed by atoms with Crippen LogP contribution in [0.1, 0.15) is 31.0 Å². The molecule has 0 saturated heterocycles. The first-order valence-corrected chi connectivity index (χ1v) is 10.8. The van der Waals surface area contributed by atoms with Crippen LogP contribution in [0.15, 0.2) is 53.1 Å². The van der Waals surface area contributed by atoms with Crippen molar-refractivity contribution in [2.45, 2.75) is 39.2 Å². The molecule has 1 amide bonds. The van der Waals surface area contributed by atoms with E-state index in [1.807, 2.05) is 49.4 Å². The molecule has 0 radical (unpaired) electrons. The van der Waals surface area contributed by atoms with E-state index in [4.69, 9.17) is 9.26 Å². The van der Waals surface area contributed by atoms with Gasteiger partial charge in [0.25, 0.3) is 0 Å². The Balaban J connectivity index is 1.17. The number of hydrogen-bond acceptors (Lipinski definition) is 6. The van der Waals surface area contributed by atoms with E-state index < -0.39 is 0 Å². The predicted molar refractivity (Wildman–Crippen MR) is 121 cm³/mol. The van der Waals surface area contributed by atoms with Crippen LogP contribution in [0.4, 0.5) is 0 Å². The largest absolute Gasteiger partial charge is 0.497 e. The molecule has 0 atom stereocenters. The molecule has 166 valence electrons. The van der Waals surface area contributed by atoms with Gasteiger partial charge in [0.05, 0.1) is 18.1 Å². The Hall–Kier alpha value is -3.68. The first-order chi connectivity index (χ1) is 15.6. The van der Waals surface area contributed by atoms with Gasteiger partial charge in [-0.2, -0.15) is 4.98 Å². The standard InChI is InChI=1S/C24H27N5O3/c1-17-26-20-7-3-4-8-21(20)29(17)16-6-15-25-22(30)9-5-10-23-27-24(28-32-23)18-11-13-19(31-2)14-12-18/h3-4,7-8,11-14H,5-6,9-10,15-16H2,1-2H3,(H,25,30). The summed E-state index contributed by atoms with van der Waals surface area (Å²) < 4.78 is 12.7. The normalized spacial score (nSPS) is 11.1. The van der Waals surface area contributed by atoms with E-state index in [0.29, 0.717) is 37.5 Å². The van der Waals surface area contributed by atoms with Crippen LogP contribution in [0, 0.1) is 6.92 Å². The zero-order valence-corrected chi connectivity index (χ0v) is 18.4. The zero-order chi connectivity index (χ0) is 22.3. The van der Waals surface area contributed by atoms with Crippen molar-refractivity contribution in [2.24, 2.45) is 0 Å². The van der Waals surface area contributed by atoms with Crippen LogP contribution in [0.5, 0.6) is 5.75 Å². The summed E-state index contributed by atoms with van der Waals surface area (Å²) in [6.07, 6.45) is 2.49. The first kappa shape index (κ1) is 21.5. The molecule has 8 nitrogen and oxygen atoms in total. The van der Waals surface area contributed by atoms with Crippen molar-refractivity contribution >= 4 is 16.9 Å². The van der Waals surface area contributed by atoms with Crippen molar-refractivity contribution in [2.75, 3.05) is 13.7 Å². The van der Waals surface area contributed by atoms with E-state index in [2.05, 4.69) is 31.1 Å². The Morgan fingerprint density at radius 2 is 1.91 bits per heavy atom. The lowest BCUT2D eigenvalue weighted by molar-refractivity contribution is -0.121. The van der Waals surface area contributed by atoms with Crippen LogP contribution >= 0.6 is 0 Å². The van der Waals surface area contributed by atoms with Crippen molar-refractivity contribution in [3.8, 4) is 17.1 Å². The number of methoxy groups -OCH3 is 1. The summed E-state index contributed by atoms with van der Waals surface area (Å²) >= 11 is 0. The molecule has 2 heterocycles. The molecule has 2 aromatic heterocycles. The van der Waals surface area contributed by atoms with Crippen molar-refractivity contribution in [3.63, 3.8) is 0 Å². The number of para-hydroxylation sites is 2. The minimum absolute atomic E-state index is 0.0344. The number of benzene rings is 2. The van der Waals surface area contributed by atoms with Gasteiger partial charge in [0.1, 0.15) is 11.6 Å². The maximum atomic E-state index is 12.2. The van der Waals surface area contributed by atoms with Crippen molar-refractivity contribution in [1.29, 1.82) is 0 Å². The van der Waals surface area contributed by atoms with Crippen molar-refractivity contribution < 1.29 is 14.1 Å². The lowest BCUT2D eigenvalue weighted by Crippen LogP contribution is -2.25. The Labute approximate surface area is 186 Å². The fourth-order valence-electron chi connectivity index (χ4n) is 3.65. The number of hydrogen-bond donors (Lipinski definition) is 1. The summed E-state index contributed by atoms with van der Waals surface area (Å²) in [6, 6.07) is 15.6. The van der Waals surface area contributed by atoms with Gasteiger partial charge in [-0.05, 0) is 56.2 Å². The molecule has 0 bridgehead atoms. The summed E-state index contributed by atoms with van der Waals surface area (Å²) in [5.74, 6) is 2.87. The molecule has 32 heavy (non-hydrogen) atoms. The number of fused-ring (bicyclic) bond motifs is 1. The number of nitrogens with zero attached hydrogens (tertiary/aromatic N) is 4. The fraction of sp³-hybridized carbons (Fsp3) is 0.333. The molecule has 0 aliphatic heterocycles. The minimum Gasteiger partial charge on any atom is -0.497 e. The third-order valence-corrected chi connectivity index (χ3v) is 5.34. The van der Waals surface area contributed by atoms with Crippen LogP contribution in [-0.4, -0.2) is 39.3 Å². The Morgan fingerprint density at radius 1 is 1.09 bits per heavy atom. The van der Waals surface area contributed by atoms with Crippen molar-refractivity contribution in [1.82, 2.24) is 25.0 Å². The molecule has 0 spiro atoms. The number of aromatic nitrogens is 4. The van der Waals surface area contributed by atoms with Crippen LogP contribution in [0.2, 0.25) is 0 Å². The van der Waals surface area contributed by atoms with E-state index in [1.165, 1.54) is 0 Å². The number of aryl methyl sites for hydroxylation is 3. The molecule has 0 aliphatic rings. The molecule has 1 N–H and O–H groups in total. The van der Waals surface area contributed by atoms with Crippen LogP contribution in [-0.2, 0) is 17.8 Å². The van der Waals surface area contributed by atoms with Gasteiger partial charge in [-0.3, -0.25) is 4.79 Å². The number of nitrogens with one attached hydrogen (secondary N) is 1. The highest BCUT2D eigenvalue weighted by Crippen LogP contribution is 2.20. The van der Waals surface area contributed by atoms with E-state index in [1.54, 1.807) is 7.11 Å². The van der Waals surface area contributed by atoms with E-state index >= 15 is 0 Å². The van der Waals surface area contributed by atoms with E-state index in [9.17, 15) is 4.79 Å². The third kappa shape index (κ3) is 5.14. The van der Waals surface area contributed by atoms with Crippen LogP contribution in [0.25, 0.3) is 22.4 Å². The molecule has 0 fully saturated rings. The molecular weight excluding hydrogens is 406 g/mol. The SMILES string of the molecule is COc1ccc(-c2noc(CCCC(=O)NCCCn3c(C)nc4ccccc43)n2)cc1. The quantitative estimate of drug-likeness (QED) is 0.381. The average molecular weight is 434 g/mol. The van der Waals surface area contributed by atoms with Gasteiger partial charge < -0.3 is 19.1 Å². The molecule has 0 aliphatic carbocycles. The van der Waals surface area contributed by atoms with Gasteiger partial charge in [-0.15, -0.1) is 0 Å². The number of imidazole rings is 1. The zero-order valence-electron chi connectivity index (χ0n) is 18.4. The summed E-state index contributed by atoms with van der Waals surface area (Å²) in [5, 5.41) is 7.01. The second-order valence-electron chi connectivity index (χ2n) is 7.60.